The molecule has 96 valence electrons. The first-order valence-electron chi connectivity index (χ1n) is 6.71. The highest BCUT2D eigenvalue weighted by Crippen LogP contribution is 2.25. The molecule has 0 fully saturated rings. The number of hydrogen-bond donors (Lipinski definition) is 1. The summed E-state index contributed by atoms with van der Waals surface area (Å²) in [7, 11) is 0. The molecule has 0 spiro atoms. The van der Waals surface area contributed by atoms with Crippen molar-refractivity contribution in [1.82, 2.24) is 5.32 Å². The standard InChI is InChI=1S/C16H21NO/c1-3-9-17-12-16-15(8-10-18-16)14-7-5-6-13(4-2)11-14/h5-8,10-11,17H,3-4,9,12H2,1-2H3. The topological polar surface area (TPSA) is 25.2 Å². The first-order valence-corrected chi connectivity index (χ1v) is 6.71. The lowest BCUT2D eigenvalue weighted by atomic mass is 10.0. The molecule has 1 aromatic carbocycles. The highest BCUT2D eigenvalue weighted by atomic mass is 16.3. The van der Waals surface area contributed by atoms with Crippen LogP contribution in [0, 0.1) is 0 Å². The van der Waals surface area contributed by atoms with Gasteiger partial charge < -0.3 is 9.73 Å². The molecule has 0 aliphatic heterocycles. The minimum Gasteiger partial charge on any atom is -0.467 e. The van der Waals surface area contributed by atoms with E-state index in [0.717, 1.165) is 31.7 Å². The molecule has 0 amide bonds. The number of aryl methyl sites for hydroxylation is 1. The van der Waals surface area contributed by atoms with Crippen LogP contribution in [0.2, 0.25) is 0 Å². The third-order valence-electron chi connectivity index (χ3n) is 3.10. The molecule has 1 aromatic heterocycles. The lowest BCUT2D eigenvalue weighted by Crippen LogP contribution is -2.13. The van der Waals surface area contributed by atoms with Gasteiger partial charge in [-0.25, -0.2) is 0 Å². The van der Waals surface area contributed by atoms with Crippen molar-refractivity contribution in [2.75, 3.05) is 6.54 Å². The van der Waals surface area contributed by atoms with Gasteiger partial charge in [-0.05, 0) is 36.6 Å². The Hall–Kier alpha value is -1.54. The molecular weight excluding hydrogens is 222 g/mol. The summed E-state index contributed by atoms with van der Waals surface area (Å²) in [5.74, 6) is 1.02. The predicted molar refractivity (Wildman–Crippen MR) is 75.5 cm³/mol. The third kappa shape index (κ3) is 3.02. The smallest absolute Gasteiger partial charge is 0.125 e. The van der Waals surface area contributed by atoms with Crippen LogP contribution < -0.4 is 5.32 Å². The van der Waals surface area contributed by atoms with Gasteiger partial charge >= 0.3 is 0 Å². The van der Waals surface area contributed by atoms with Crippen molar-refractivity contribution in [3.63, 3.8) is 0 Å². The summed E-state index contributed by atoms with van der Waals surface area (Å²) >= 11 is 0. The molecule has 0 saturated heterocycles. The van der Waals surface area contributed by atoms with Crippen molar-refractivity contribution in [3.05, 3.63) is 47.9 Å². The van der Waals surface area contributed by atoms with Gasteiger partial charge in [0.2, 0.25) is 0 Å². The van der Waals surface area contributed by atoms with Crippen LogP contribution in [0.5, 0.6) is 0 Å². The SMILES string of the molecule is CCCNCc1occc1-c1cccc(CC)c1. The zero-order valence-corrected chi connectivity index (χ0v) is 11.2. The molecular formula is C16H21NO. The van der Waals surface area contributed by atoms with Crippen molar-refractivity contribution in [2.45, 2.75) is 33.2 Å². The zero-order valence-electron chi connectivity index (χ0n) is 11.2. The Labute approximate surface area is 109 Å². The van der Waals surface area contributed by atoms with E-state index in [1.165, 1.54) is 16.7 Å². The van der Waals surface area contributed by atoms with Gasteiger partial charge in [-0.15, -0.1) is 0 Å². The molecule has 0 bridgehead atoms. The van der Waals surface area contributed by atoms with Crippen LogP contribution in [0.4, 0.5) is 0 Å². The van der Waals surface area contributed by atoms with Gasteiger partial charge in [-0.2, -0.15) is 0 Å². The second kappa shape index (κ2) is 6.41. The van der Waals surface area contributed by atoms with E-state index < -0.39 is 0 Å². The molecule has 1 heterocycles. The Morgan fingerprint density at radius 1 is 1.17 bits per heavy atom. The van der Waals surface area contributed by atoms with Gasteiger partial charge in [0, 0.05) is 5.56 Å². The number of hydrogen-bond acceptors (Lipinski definition) is 2. The highest BCUT2D eigenvalue weighted by Gasteiger charge is 2.08. The molecule has 18 heavy (non-hydrogen) atoms. The van der Waals surface area contributed by atoms with Crippen LogP contribution in [0.25, 0.3) is 11.1 Å². The largest absolute Gasteiger partial charge is 0.467 e. The Bertz CT molecular complexity index is 487. The quantitative estimate of drug-likeness (QED) is 0.775. The predicted octanol–water partition coefficient (Wildman–Crippen LogP) is 4.01. The van der Waals surface area contributed by atoms with Crippen LogP contribution >= 0.6 is 0 Å². The zero-order chi connectivity index (χ0) is 12.8. The van der Waals surface area contributed by atoms with Crippen molar-refractivity contribution >= 4 is 0 Å². The summed E-state index contributed by atoms with van der Waals surface area (Å²) in [5.41, 5.74) is 3.81. The van der Waals surface area contributed by atoms with Gasteiger partial charge in [0.25, 0.3) is 0 Å². The van der Waals surface area contributed by atoms with Gasteiger partial charge in [0.1, 0.15) is 5.76 Å². The molecule has 0 radical (unpaired) electrons. The molecule has 0 unspecified atom stereocenters. The Kier molecular flexibility index (Phi) is 4.59. The molecule has 1 N–H and O–H groups in total. The molecule has 2 rings (SSSR count). The van der Waals surface area contributed by atoms with E-state index in [4.69, 9.17) is 4.42 Å². The molecule has 0 aliphatic rings. The summed E-state index contributed by atoms with van der Waals surface area (Å²) in [4.78, 5) is 0. The van der Waals surface area contributed by atoms with Crippen LogP contribution in [-0.2, 0) is 13.0 Å². The number of rotatable bonds is 6. The summed E-state index contributed by atoms with van der Waals surface area (Å²) in [5, 5.41) is 3.38. The fourth-order valence-electron chi connectivity index (χ4n) is 2.07. The Balaban J connectivity index is 2.19. The van der Waals surface area contributed by atoms with Crippen LogP contribution in [-0.4, -0.2) is 6.54 Å². The lowest BCUT2D eigenvalue weighted by Gasteiger charge is -2.05. The maximum atomic E-state index is 5.58. The third-order valence-corrected chi connectivity index (χ3v) is 3.10. The van der Waals surface area contributed by atoms with E-state index >= 15 is 0 Å². The molecule has 2 nitrogen and oxygen atoms in total. The van der Waals surface area contributed by atoms with Gasteiger partial charge in [0.05, 0.1) is 12.8 Å². The molecule has 0 atom stereocenters. The number of nitrogens with one attached hydrogen (secondary N) is 1. The second-order valence-electron chi connectivity index (χ2n) is 4.49. The van der Waals surface area contributed by atoms with E-state index in [1.54, 1.807) is 6.26 Å². The fraction of sp³-hybridized carbons (Fsp3) is 0.375. The summed E-state index contributed by atoms with van der Waals surface area (Å²) in [6, 6.07) is 10.7. The minimum absolute atomic E-state index is 0.798. The minimum atomic E-state index is 0.798. The first kappa shape index (κ1) is 12.9. The second-order valence-corrected chi connectivity index (χ2v) is 4.49. The summed E-state index contributed by atoms with van der Waals surface area (Å²) < 4.78 is 5.58. The Morgan fingerprint density at radius 2 is 2.06 bits per heavy atom. The molecule has 0 saturated carbocycles. The average molecular weight is 243 g/mol. The average Bonchev–Trinajstić information content (AvgIpc) is 2.87. The van der Waals surface area contributed by atoms with E-state index in [1.807, 2.05) is 0 Å². The molecule has 0 aliphatic carbocycles. The van der Waals surface area contributed by atoms with Gasteiger partial charge in [0.15, 0.2) is 0 Å². The first-order chi connectivity index (χ1) is 8.85. The van der Waals surface area contributed by atoms with Crippen molar-refractivity contribution in [3.8, 4) is 11.1 Å². The number of benzene rings is 1. The fourth-order valence-corrected chi connectivity index (χ4v) is 2.07. The maximum absolute atomic E-state index is 5.58. The van der Waals surface area contributed by atoms with Gasteiger partial charge in [-0.1, -0.05) is 38.1 Å². The van der Waals surface area contributed by atoms with Crippen LogP contribution in [0.3, 0.4) is 0 Å². The normalized spacial score (nSPS) is 10.8. The number of furan rings is 1. The van der Waals surface area contributed by atoms with Crippen molar-refractivity contribution < 1.29 is 4.42 Å². The molecule has 2 aromatic rings. The monoisotopic (exact) mass is 243 g/mol. The van der Waals surface area contributed by atoms with E-state index in [-0.39, 0.29) is 0 Å². The Morgan fingerprint density at radius 3 is 2.83 bits per heavy atom. The van der Waals surface area contributed by atoms with Crippen molar-refractivity contribution in [2.24, 2.45) is 0 Å². The van der Waals surface area contributed by atoms with E-state index in [0.29, 0.717) is 0 Å². The summed E-state index contributed by atoms with van der Waals surface area (Å²) in [6.07, 6.45) is 3.98. The lowest BCUT2D eigenvalue weighted by molar-refractivity contribution is 0.484. The van der Waals surface area contributed by atoms with Crippen LogP contribution in [0.1, 0.15) is 31.6 Å². The van der Waals surface area contributed by atoms with Gasteiger partial charge in [-0.3, -0.25) is 0 Å². The van der Waals surface area contributed by atoms with E-state index in [9.17, 15) is 0 Å². The highest BCUT2D eigenvalue weighted by molar-refractivity contribution is 5.66. The van der Waals surface area contributed by atoms with Crippen molar-refractivity contribution in [1.29, 1.82) is 0 Å². The van der Waals surface area contributed by atoms with E-state index in [2.05, 4.69) is 49.5 Å². The maximum Gasteiger partial charge on any atom is 0.125 e. The molecule has 2 heteroatoms. The van der Waals surface area contributed by atoms with Crippen LogP contribution in [0.15, 0.2) is 41.0 Å². The summed E-state index contributed by atoms with van der Waals surface area (Å²) in [6.45, 7) is 6.17.